The Morgan fingerprint density at radius 3 is 2.38 bits per heavy atom. The van der Waals surface area contributed by atoms with Crippen LogP contribution >= 0.6 is 34.2 Å². The number of benzene rings is 3. The molecule has 0 spiro atoms. The molecule has 4 rings (SSSR count). The van der Waals surface area contributed by atoms with Gasteiger partial charge in [-0.25, -0.2) is 0 Å². The fourth-order valence-electron chi connectivity index (χ4n) is 3.60. The van der Waals surface area contributed by atoms with Crippen LogP contribution in [0.5, 0.6) is 0 Å². The van der Waals surface area contributed by atoms with Gasteiger partial charge in [0.15, 0.2) is 11.4 Å². The Kier molecular flexibility index (Phi) is 5.46. The van der Waals surface area contributed by atoms with Crippen molar-refractivity contribution in [2.45, 2.75) is 18.6 Å². The molecular formula is C23H17ClINO3. The average molecular weight is 518 g/mol. The molecule has 0 radical (unpaired) electrons. The second-order valence-electron chi connectivity index (χ2n) is 6.97. The fraction of sp³-hybridized carbons (Fsp3) is 0.130. The monoisotopic (exact) mass is 517 g/mol. The molecule has 0 aliphatic carbocycles. The van der Waals surface area contributed by atoms with E-state index in [-0.39, 0.29) is 18.7 Å². The minimum atomic E-state index is -1.90. The summed E-state index contributed by atoms with van der Waals surface area (Å²) in [6, 6.07) is 21.4. The zero-order valence-corrected chi connectivity index (χ0v) is 18.2. The smallest absolute Gasteiger partial charge is 0.264 e. The number of nitrogens with zero attached hydrogens (tertiary/aromatic N) is 1. The first-order chi connectivity index (χ1) is 13.9. The van der Waals surface area contributed by atoms with Crippen molar-refractivity contribution >= 4 is 51.6 Å². The number of aliphatic hydroxyl groups is 1. The van der Waals surface area contributed by atoms with Crippen LogP contribution in [0, 0.1) is 3.57 Å². The first kappa shape index (κ1) is 20.1. The Bertz CT molecular complexity index is 1100. The molecule has 4 nitrogen and oxygen atoms in total. The highest BCUT2D eigenvalue weighted by molar-refractivity contribution is 14.1. The normalized spacial score (nSPS) is 18.0. The van der Waals surface area contributed by atoms with Gasteiger partial charge in [-0.15, -0.1) is 0 Å². The van der Waals surface area contributed by atoms with Gasteiger partial charge >= 0.3 is 0 Å². The van der Waals surface area contributed by atoms with Gasteiger partial charge < -0.3 is 10.0 Å². The third-order valence-corrected chi connectivity index (χ3v) is 6.20. The molecule has 6 heteroatoms. The van der Waals surface area contributed by atoms with Crippen molar-refractivity contribution in [3.63, 3.8) is 0 Å². The van der Waals surface area contributed by atoms with Crippen LogP contribution in [0.1, 0.15) is 27.9 Å². The van der Waals surface area contributed by atoms with Crippen LogP contribution in [-0.4, -0.2) is 16.8 Å². The summed E-state index contributed by atoms with van der Waals surface area (Å²) in [5, 5.41) is 11.9. The van der Waals surface area contributed by atoms with Gasteiger partial charge in [0.05, 0.1) is 18.7 Å². The van der Waals surface area contributed by atoms with Crippen molar-refractivity contribution in [3.8, 4) is 0 Å². The largest absolute Gasteiger partial charge is 0.375 e. The van der Waals surface area contributed by atoms with E-state index in [4.69, 9.17) is 11.6 Å². The molecule has 3 aromatic rings. The van der Waals surface area contributed by atoms with E-state index in [1.807, 2.05) is 30.3 Å². The number of halogens is 2. The Balaban J connectivity index is 1.69. The predicted octanol–water partition coefficient (Wildman–Crippen LogP) is 4.95. The SMILES string of the molecule is O=C(C[C@]1(O)C(=O)N(Cc2ccccc2Cl)c2ccccc21)c1ccc(I)cc1. The molecule has 0 saturated heterocycles. The highest BCUT2D eigenvalue weighted by atomic mass is 127. The third kappa shape index (κ3) is 3.70. The number of amides is 1. The van der Waals surface area contributed by atoms with Crippen LogP contribution in [0.2, 0.25) is 5.02 Å². The van der Waals surface area contributed by atoms with Gasteiger partial charge in [-0.2, -0.15) is 0 Å². The third-order valence-electron chi connectivity index (χ3n) is 5.11. The highest BCUT2D eigenvalue weighted by Gasteiger charge is 2.50. The Morgan fingerprint density at radius 2 is 1.66 bits per heavy atom. The summed E-state index contributed by atoms with van der Waals surface area (Å²) >= 11 is 8.43. The zero-order chi connectivity index (χ0) is 20.6. The molecule has 3 aromatic carbocycles. The standard InChI is InChI=1S/C23H17ClINO3/c24-19-7-3-1-5-16(19)14-26-20-8-4-2-6-18(20)23(29,22(26)28)13-21(27)15-9-11-17(25)12-10-15/h1-12,29H,13-14H2/t23-/m1/s1. The molecule has 0 unspecified atom stereocenters. The van der Waals surface area contributed by atoms with E-state index >= 15 is 0 Å². The van der Waals surface area contributed by atoms with E-state index in [0.29, 0.717) is 21.8 Å². The van der Waals surface area contributed by atoms with Gasteiger partial charge in [0.25, 0.3) is 5.91 Å². The molecule has 1 N–H and O–H groups in total. The Labute approximate surface area is 187 Å². The molecule has 1 amide bonds. The van der Waals surface area contributed by atoms with Crippen LogP contribution in [0.3, 0.4) is 0 Å². The number of fused-ring (bicyclic) bond motifs is 1. The van der Waals surface area contributed by atoms with Gasteiger partial charge in [-0.05, 0) is 52.4 Å². The average Bonchev–Trinajstić information content (AvgIpc) is 2.92. The summed E-state index contributed by atoms with van der Waals surface area (Å²) in [6.45, 7) is 0.218. The van der Waals surface area contributed by atoms with Gasteiger partial charge in [0.2, 0.25) is 0 Å². The second kappa shape index (κ2) is 7.89. The van der Waals surface area contributed by atoms with Crippen molar-refractivity contribution in [2.24, 2.45) is 0 Å². The lowest BCUT2D eigenvalue weighted by molar-refractivity contribution is -0.136. The molecule has 0 aromatic heterocycles. The van der Waals surface area contributed by atoms with Gasteiger partial charge in [-0.1, -0.05) is 60.1 Å². The maximum absolute atomic E-state index is 13.3. The maximum atomic E-state index is 13.3. The van der Waals surface area contributed by atoms with E-state index in [2.05, 4.69) is 22.6 Å². The quantitative estimate of drug-likeness (QED) is 0.385. The summed E-state index contributed by atoms with van der Waals surface area (Å²) in [5.41, 5.74) is 0.364. The number of carbonyl (C=O) groups is 2. The van der Waals surface area contributed by atoms with E-state index in [1.165, 1.54) is 4.90 Å². The van der Waals surface area contributed by atoms with E-state index < -0.39 is 11.5 Å². The first-order valence-electron chi connectivity index (χ1n) is 9.06. The molecule has 0 fully saturated rings. The maximum Gasteiger partial charge on any atom is 0.264 e. The first-order valence-corrected chi connectivity index (χ1v) is 10.5. The van der Waals surface area contributed by atoms with E-state index in [0.717, 1.165) is 9.13 Å². The minimum absolute atomic E-state index is 0.218. The molecule has 29 heavy (non-hydrogen) atoms. The number of hydrogen-bond acceptors (Lipinski definition) is 3. The number of Topliss-reactive ketones (excluding diaryl/α,β-unsaturated/α-hetero) is 1. The molecule has 1 aliphatic rings. The van der Waals surface area contributed by atoms with E-state index in [1.54, 1.807) is 42.5 Å². The van der Waals surface area contributed by atoms with Crippen molar-refractivity contribution in [1.82, 2.24) is 0 Å². The lowest BCUT2D eigenvalue weighted by Gasteiger charge is -2.23. The number of hydrogen-bond donors (Lipinski definition) is 1. The highest BCUT2D eigenvalue weighted by Crippen LogP contribution is 2.43. The topological polar surface area (TPSA) is 57.6 Å². The van der Waals surface area contributed by atoms with Crippen molar-refractivity contribution in [2.75, 3.05) is 4.90 Å². The predicted molar refractivity (Wildman–Crippen MR) is 121 cm³/mol. The van der Waals surface area contributed by atoms with Crippen LogP contribution in [0.25, 0.3) is 0 Å². The lowest BCUT2D eigenvalue weighted by atomic mass is 9.88. The Hall–Kier alpha value is -2.22. The number of carbonyl (C=O) groups excluding carboxylic acids is 2. The fourth-order valence-corrected chi connectivity index (χ4v) is 4.16. The second-order valence-corrected chi connectivity index (χ2v) is 8.62. The van der Waals surface area contributed by atoms with Gasteiger partial charge in [0.1, 0.15) is 0 Å². The van der Waals surface area contributed by atoms with Crippen LogP contribution in [-0.2, 0) is 16.9 Å². The molecule has 1 atom stereocenters. The summed E-state index contributed by atoms with van der Waals surface area (Å²) < 4.78 is 1.01. The van der Waals surface area contributed by atoms with Crippen LogP contribution in [0.4, 0.5) is 5.69 Å². The van der Waals surface area contributed by atoms with Crippen LogP contribution in [0.15, 0.2) is 72.8 Å². The lowest BCUT2D eigenvalue weighted by Crippen LogP contribution is -2.41. The number of para-hydroxylation sites is 1. The Morgan fingerprint density at radius 1 is 1.00 bits per heavy atom. The van der Waals surface area contributed by atoms with Crippen molar-refractivity contribution in [3.05, 3.63) is 98.1 Å². The molecular weight excluding hydrogens is 501 g/mol. The van der Waals surface area contributed by atoms with Crippen molar-refractivity contribution in [1.29, 1.82) is 0 Å². The number of rotatable bonds is 5. The van der Waals surface area contributed by atoms with E-state index in [9.17, 15) is 14.7 Å². The van der Waals surface area contributed by atoms with Crippen molar-refractivity contribution < 1.29 is 14.7 Å². The number of ketones is 1. The summed E-state index contributed by atoms with van der Waals surface area (Å²) in [4.78, 5) is 27.6. The van der Waals surface area contributed by atoms with Gasteiger partial charge in [-0.3, -0.25) is 9.59 Å². The molecule has 1 heterocycles. The molecule has 0 bridgehead atoms. The summed E-state index contributed by atoms with van der Waals surface area (Å²) in [6.07, 6.45) is -0.317. The summed E-state index contributed by atoms with van der Waals surface area (Å²) in [7, 11) is 0. The van der Waals surface area contributed by atoms with Gasteiger partial charge in [0, 0.05) is 19.7 Å². The number of anilines is 1. The molecule has 0 saturated carbocycles. The zero-order valence-electron chi connectivity index (χ0n) is 15.3. The van der Waals surface area contributed by atoms with Crippen LogP contribution < -0.4 is 4.90 Å². The summed E-state index contributed by atoms with van der Waals surface area (Å²) in [5.74, 6) is -0.802. The molecule has 1 aliphatic heterocycles. The minimum Gasteiger partial charge on any atom is -0.375 e. The molecule has 146 valence electrons.